The van der Waals surface area contributed by atoms with E-state index in [-0.39, 0.29) is 0 Å². The number of ether oxygens (including phenoxy) is 4. The van der Waals surface area contributed by atoms with E-state index in [2.05, 4.69) is 0 Å². The molecule has 8 heteroatoms. The number of carbonyl (C=O) groups excluding carboxylic acids is 3. The molecule has 35 heavy (non-hydrogen) atoms. The largest absolute Gasteiger partial charge is 0.455 e. The average Bonchev–Trinajstić information content (AvgIpc) is 2.71. The molecule has 7 nitrogen and oxygen atoms in total. The normalized spacial score (nSPS) is 25.5. The molecule has 2 rings (SSSR count). The van der Waals surface area contributed by atoms with E-state index in [1.54, 1.807) is 69.2 Å². The van der Waals surface area contributed by atoms with Gasteiger partial charge in [0.05, 0.1) is 22.3 Å². The number of esters is 3. The van der Waals surface area contributed by atoms with Crippen molar-refractivity contribution in [3.8, 4) is 0 Å². The van der Waals surface area contributed by atoms with E-state index in [4.69, 9.17) is 18.9 Å². The van der Waals surface area contributed by atoms with Gasteiger partial charge in [-0.3, -0.25) is 14.4 Å². The van der Waals surface area contributed by atoms with Crippen LogP contribution in [0.1, 0.15) is 69.2 Å². The molecular weight excluding hydrogens is 468 g/mol. The molecular formula is C27H40O7S. The lowest BCUT2D eigenvalue weighted by Crippen LogP contribution is -2.61. The molecule has 1 aromatic rings. The van der Waals surface area contributed by atoms with Gasteiger partial charge in [0, 0.05) is 4.90 Å². The highest BCUT2D eigenvalue weighted by Crippen LogP contribution is 2.39. The van der Waals surface area contributed by atoms with Crippen LogP contribution in [0.3, 0.4) is 0 Å². The first kappa shape index (κ1) is 29.2. The van der Waals surface area contributed by atoms with Crippen molar-refractivity contribution < 1.29 is 33.3 Å². The Bertz CT molecular complexity index is 893. The third-order valence-electron chi connectivity index (χ3n) is 5.29. The SMILES string of the molecule is C[C@@H]1O[C@H](Sc2ccccc2)[C@@H](OC(=O)C(C)(C)C)[C@H](OC(=O)C(C)(C)C)[C@@H]1OC(=O)C(C)(C)C. The standard InChI is InChI=1S/C27H40O7S/c1-16-18(32-22(28)25(2,3)4)19(33-23(29)26(5,6)7)20(34-24(30)27(8,9)10)21(31-16)35-17-14-12-11-13-15-17/h11-16,18-21H,1-10H3/t16-,18+,19+,20-,21+/m0/s1. The van der Waals surface area contributed by atoms with Crippen LogP contribution in [0.15, 0.2) is 35.2 Å². The minimum absolute atomic E-state index is 0.468. The minimum Gasteiger partial charge on any atom is -0.455 e. The van der Waals surface area contributed by atoms with Crippen LogP contribution in [0.2, 0.25) is 0 Å². The summed E-state index contributed by atoms with van der Waals surface area (Å²) in [5.41, 5.74) is -3.10. The summed E-state index contributed by atoms with van der Waals surface area (Å²) in [6.45, 7) is 17.4. The molecule has 5 atom stereocenters. The Balaban J connectivity index is 2.53. The highest BCUT2D eigenvalue weighted by Gasteiger charge is 2.53. The van der Waals surface area contributed by atoms with Crippen molar-refractivity contribution >= 4 is 29.7 Å². The molecule has 1 fully saturated rings. The van der Waals surface area contributed by atoms with Crippen molar-refractivity contribution in [1.82, 2.24) is 0 Å². The number of thioether (sulfide) groups is 1. The zero-order valence-corrected chi connectivity index (χ0v) is 23.4. The fourth-order valence-corrected chi connectivity index (χ4v) is 4.18. The van der Waals surface area contributed by atoms with Crippen molar-refractivity contribution in [1.29, 1.82) is 0 Å². The molecule has 1 aromatic carbocycles. The van der Waals surface area contributed by atoms with Crippen molar-refractivity contribution in [3.05, 3.63) is 30.3 Å². The number of benzene rings is 1. The van der Waals surface area contributed by atoms with Crippen LogP contribution in [-0.2, 0) is 33.3 Å². The van der Waals surface area contributed by atoms with E-state index in [0.717, 1.165) is 4.90 Å². The van der Waals surface area contributed by atoms with Crippen LogP contribution < -0.4 is 0 Å². The summed E-state index contributed by atoms with van der Waals surface area (Å²) in [6, 6.07) is 9.54. The van der Waals surface area contributed by atoms with Gasteiger partial charge in [-0.15, -0.1) is 0 Å². The average molecular weight is 509 g/mol. The molecule has 0 aromatic heterocycles. The van der Waals surface area contributed by atoms with Crippen molar-refractivity contribution in [2.45, 2.75) is 104 Å². The van der Waals surface area contributed by atoms with Gasteiger partial charge in [0.1, 0.15) is 5.44 Å². The lowest BCUT2D eigenvalue weighted by atomic mass is 9.94. The topological polar surface area (TPSA) is 88.1 Å². The fourth-order valence-electron chi connectivity index (χ4n) is 3.02. The van der Waals surface area contributed by atoms with Crippen molar-refractivity contribution in [3.63, 3.8) is 0 Å². The molecule has 1 saturated heterocycles. The monoisotopic (exact) mass is 508 g/mol. The Labute approximate surface area is 213 Å². The van der Waals surface area contributed by atoms with Gasteiger partial charge in [-0.2, -0.15) is 0 Å². The number of hydrogen-bond acceptors (Lipinski definition) is 8. The summed E-state index contributed by atoms with van der Waals surface area (Å²) in [6.07, 6.45) is -3.64. The van der Waals surface area contributed by atoms with E-state index in [1.807, 2.05) is 30.3 Å². The van der Waals surface area contributed by atoms with Crippen LogP contribution in [-0.4, -0.2) is 47.8 Å². The predicted molar refractivity (Wildman–Crippen MR) is 135 cm³/mol. The molecule has 0 unspecified atom stereocenters. The summed E-state index contributed by atoms with van der Waals surface area (Å²) in [5, 5.41) is 0. The molecule has 0 N–H and O–H groups in total. The molecule has 1 aliphatic heterocycles. The highest BCUT2D eigenvalue weighted by atomic mass is 32.2. The maximum atomic E-state index is 13.0. The van der Waals surface area contributed by atoms with Gasteiger partial charge in [0.25, 0.3) is 0 Å². The van der Waals surface area contributed by atoms with Gasteiger partial charge in [-0.1, -0.05) is 30.0 Å². The van der Waals surface area contributed by atoms with E-state index in [1.165, 1.54) is 11.8 Å². The van der Waals surface area contributed by atoms with Crippen LogP contribution in [0, 0.1) is 16.2 Å². The van der Waals surface area contributed by atoms with E-state index < -0.39 is 64.0 Å². The van der Waals surface area contributed by atoms with Crippen LogP contribution >= 0.6 is 11.8 Å². The minimum atomic E-state index is -1.05. The highest BCUT2D eigenvalue weighted by molar-refractivity contribution is 7.99. The third-order valence-corrected chi connectivity index (χ3v) is 6.45. The molecule has 0 saturated carbocycles. The molecule has 0 aliphatic carbocycles. The second-order valence-electron chi connectivity index (χ2n) is 12.0. The lowest BCUT2D eigenvalue weighted by molar-refractivity contribution is -0.238. The Morgan fingerprint density at radius 3 is 1.51 bits per heavy atom. The summed E-state index contributed by atoms with van der Waals surface area (Å²) < 4.78 is 24.0. The van der Waals surface area contributed by atoms with Gasteiger partial charge in [-0.25, -0.2) is 0 Å². The molecule has 1 heterocycles. The zero-order valence-electron chi connectivity index (χ0n) is 22.5. The molecule has 0 spiro atoms. The molecule has 0 radical (unpaired) electrons. The van der Waals surface area contributed by atoms with Gasteiger partial charge in [-0.05, 0) is 81.4 Å². The first-order valence-corrected chi connectivity index (χ1v) is 12.8. The van der Waals surface area contributed by atoms with E-state index >= 15 is 0 Å². The molecule has 0 bridgehead atoms. The summed E-state index contributed by atoms with van der Waals surface area (Å²) in [5.74, 6) is -1.43. The maximum Gasteiger partial charge on any atom is 0.311 e. The maximum absolute atomic E-state index is 13.0. The van der Waals surface area contributed by atoms with E-state index in [9.17, 15) is 14.4 Å². The first-order chi connectivity index (χ1) is 15.9. The lowest BCUT2D eigenvalue weighted by Gasteiger charge is -2.45. The van der Waals surface area contributed by atoms with Gasteiger partial charge >= 0.3 is 17.9 Å². The van der Waals surface area contributed by atoms with Crippen molar-refractivity contribution in [2.75, 3.05) is 0 Å². The second-order valence-corrected chi connectivity index (χ2v) is 13.2. The van der Waals surface area contributed by atoms with Gasteiger partial charge in [0.2, 0.25) is 0 Å². The third kappa shape index (κ3) is 7.97. The van der Waals surface area contributed by atoms with Crippen molar-refractivity contribution in [2.24, 2.45) is 16.2 Å². The van der Waals surface area contributed by atoms with Gasteiger partial charge in [0.15, 0.2) is 18.3 Å². The fraction of sp³-hybridized carbons (Fsp3) is 0.667. The number of hydrogen-bond donors (Lipinski definition) is 0. The Hall–Kier alpha value is -2.06. The summed E-state index contributed by atoms with van der Waals surface area (Å²) >= 11 is 1.36. The number of rotatable bonds is 5. The van der Waals surface area contributed by atoms with Crippen LogP contribution in [0.25, 0.3) is 0 Å². The quantitative estimate of drug-likeness (QED) is 0.386. The number of carbonyl (C=O) groups is 3. The zero-order chi connectivity index (χ0) is 26.8. The molecule has 0 amide bonds. The van der Waals surface area contributed by atoms with E-state index in [0.29, 0.717) is 0 Å². The first-order valence-electron chi connectivity index (χ1n) is 11.9. The molecule has 1 aliphatic rings. The van der Waals surface area contributed by atoms with Crippen LogP contribution in [0.5, 0.6) is 0 Å². The summed E-state index contributed by atoms with van der Waals surface area (Å²) in [7, 11) is 0. The van der Waals surface area contributed by atoms with Crippen LogP contribution in [0.4, 0.5) is 0 Å². The van der Waals surface area contributed by atoms with Gasteiger partial charge < -0.3 is 18.9 Å². The Morgan fingerprint density at radius 1 is 0.686 bits per heavy atom. The molecule has 196 valence electrons. The Kier molecular flexibility index (Phi) is 9.09. The second kappa shape index (κ2) is 10.9. The summed E-state index contributed by atoms with van der Waals surface area (Å²) in [4.78, 5) is 39.7. The smallest absolute Gasteiger partial charge is 0.311 e. The Morgan fingerprint density at radius 2 is 1.09 bits per heavy atom. The predicted octanol–water partition coefficient (Wildman–Crippen LogP) is 5.40.